The predicted octanol–water partition coefficient (Wildman–Crippen LogP) is 2.96. The SMILES string of the molecule is Nc1nc2ncc(CNc3ccc(C(=O)N(Cl)[C@](Cl)(C(=O)O)C(Cl)(Cl)C(Cl)(Cl)C(=O)O)cc3)nc2c(=O)[nH]1. The lowest BCUT2D eigenvalue weighted by atomic mass is 10.1. The Morgan fingerprint density at radius 3 is 2.18 bits per heavy atom. The van der Waals surface area contributed by atoms with E-state index in [1.54, 1.807) is 0 Å². The summed E-state index contributed by atoms with van der Waals surface area (Å²) in [4.78, 5) is 59.4. The van der Waals surface area contributed by atoms with Gasteiger partial charge in [-0.1, -0.05) is 58.0 Å². The van der Waals surface area contributed by atoms with Crippen LogP contribution in [0.2, 0.25) is 0 Å². The molecule has 0 unspecified atom stereocenters. The second kappa shape index (κ2) is 10.8. The Balaban J connectivity index is 1.80. The van der Waals surface area contributed by atoms with Crippen LogP contribution in [0.1, 0.15) is 16.1 Å². The van der Waals surface area contributed by atoms with Gasteiger partial charge in [-0.2, -0.15) is 4.98 Å². The Kier molecular flexibility index (Phi) is 8.41. The fraction of sp³-hybridized carbons (Fsp3) is 0.211. The van der Waals surface area contributed by atoms with Gasteiger partial charge >= 0.3 is 11.9 Å². The third-order valence-corrected chi connectivity index (χ3v) is 8.60. The van der Waals surface area contributed by atoms with Gasteiger partial charge in [-0.05, 0) is 24.3 Å². The number of hydrogen-bond donors (Lipinski definition) is 5. The largest absolute Gasteiger partial charge is 0.479 e. The molecule has 0 bridgehead atoms. The summed E-state index contributed by atoms with van der Waals surface area (Å²) in [6.45, 7) is 0.106. The van der Waals surface area contributed by atoms with Crippen LogP contribution < -0.4 is 16.6 Å². The van der Waals surface area contributed by atoms with Crippen LogP contribution in [0.5, 0.6) is 0 Å². The summed E-state index contributed by atoms with van der Waals surface area (Å²) in [5, 5.41) is 21.9. The van der Waals surface area contributed by atoms with Crippen molar-refractivity contribution in [3.8, 4) is 0 Å². The molecule has 13 nitrogen and oxygen atoms in total. The smallest absolute Gasteiger partial charge is 0.350 e. The van der Waals surface area contributed by atoms with Crippen LogP contribution in [0.4, 0.5) is 11.6 Å². The molecule has 0 radical (unpaired) electrons. The van der Waals surface area contributed by atoms with Crippen molar-refractivity contribution >= 4 is 110 Å². The number of nitrogens with zero attached hydrogens (tertiary/aromatic N) is 4. The van der Waals surface area contributed by atoms with Crippen molar-refractivity contribution in [3.63, 3.8) is 0 Å². The molecule has 2 aromatic heterocycles. The van der Waals surface area contributed by atoms with Crippen LogP contribution in [0.3, 0.4) is 0 Å². The molecular formula is C19H13Cl6N7O6. The summed E-state index contributed by atoms with van der Waals surface area (Å²) in [5.41, 5.74) is 5.60. The van der Waals surface area contributed by atoms with E-state index in [0.29, 0.717) is 11.4 Å². The third kappa shape index (κ3) is 5.22. The molecule has 0 aliphatic rings. The third-order valence-electron chi connectivity index (χ3n) is 4.90. The average Bonchev–Trinajstić information content (AvgIpc) is 2.86. The van der Waals surface area contributed by atoms with E-state index in [0.717, 1.165) is 0 Å². The van der Waals surface area contributed by atoms with E-state index < -0.39 is 37.1 Å². The van der Waals surface area contributed by atoms with Gasteiger partial charge in [0.25, 0.3) is 20.8 Å². The Morgan fingerprint density at radius 2 is 1.63 bits per heavy atom. The molecular weight excluding hydrogens is 635 g/mol. The van der Waals surface area contributed by atoms with E-state index in [9.17, 15) is 29.4 Å². The Morgan fingerprint density at radius 1 is 1.03 bits per heavy atom. The highest BCUT2D eigenvalue weighted by molar-refractivity contribution is 6.71. The molecule has 2 heterocycles. The van der Waals surface area contributed by atoms with Crippen molar-refractivity contribution in [3.05, 3.63) is 52.1 Å². The van der Waals surface area contributed by atoms with E-state index in [2.05, 4.69) is 25.3 Å². The van der Waals surface area contributed by atoms with Crippen LogP contribution >= 0.6 is 69.8 Å². The van der Waals surface area contributed by atoms with Gasteiger partial charge in [0.05, 0.1) is 18.4 Å². The highest BCUT2D eigenvalue weighted by Crippen LogP contribution is 2.54. The lowest BCUT2D eigenvalue weighted by Crippen LogP contribution is -2.66. The van der Waals surface area contributed by atoms with Crippen LogP contribution in [0, 0.1) is 0 Å². The molecule has 1 aromatic carbocycles. The molecule has 0 fully saturated rings. The quantitative estimate of drug-likeness (QED) is 0.130. The number of carboxylic acid groups (broad SMARTS) is 2. The first-order valence-electron chi connectivity index (χ1n) is 9.81. The van der Waals surface area contributed by atoms with E-state index in [1.807, 2.05) is 0 Å². The number of nitrogen functional groups attached to an aromatic ring is 1. The Bertz CT molecular complexity index is 1490. The maximum Gasteiger partial charge on any atom is 0.350 e. The maximum atomic E-state index is 12.9. The van der Waals surface area contributed by atoms with Crippen molar-refractivity contribution in [2.75, 3.05) is 11.1 Å². The number of carbonyl (C=O) groups is 3. The van der Waals surface area contributed by atoms with Crippen molar-refractivity contribution in [2.45, 2.75) is 20.2 Å². The lowest BCUT2D eigenvalue weighted by Gasteiger charge is -2.42. The zero-order valence-corrected chi connectivity index (χ0v) is 22.8. The molecule has 3 aromatic rings. The zero-order valence-electron chi connectivity index (χ0n) is 18.3. The highest BCUT2D eigenvalue weighted by Gasteiger charge is 2.72. The first-order valence-corrected chi connectivity index (χ1v) is 12.0. The van der Waals surface area contributed by atoms with E-state index in [4.69, 9.17) is 75.5 Å². The number of carboxylic acids is 2. The van der Waals surface area contributed by atoms with Crippen LogP contribution in [-0.2, 0) is 16.1 Å². The molecule has 0 saturated heterocycles. The number of halogens is 6. The molecule has 1 atom stereocenters. The van der Waals surface area contributed by atoms with Crippen molar-refractivity contribution in [2.24, 2.45) is 0 Å². The van der Waals surface area contributed by atoms with Crippen molar-refractivity contribution in [1.82, 2.24) is 24.4 Å². The summed E-state index contributed by atoms with van der Waals surface area (Å²) < 4.78 is -6.59. The number of H-pyrrole nitrogens is 1. The number of aromatic nitrogens is 4. The van der Waals surface area contributed by atoms with Crippen molar-refractivity contribution in [1.29, 1.82) is 0 Å². The number of anilines is 2. The van der Waals surface area contributed by atoms with Gasteiger partial charge in [0.1, 0.15) is 0 Å². The van der Waals surface area contributed by atoms with Crippen molar-refractivity contribution < 1.29 is 24.6 Å². The number of amides is 1. The minimum absolute atomic E-state index is 0.0138. The van der Waals surface area contributed by atoms with Gasteiger partial charge in [0.2, 0.25) is 10.3 Å². The first-order chi connectivity index (χ1) is 17.5. The fourth-order valence-electron chi connectivity index (χ4n) is 2.92. The van der Waals surface area contributed by atoms with Gasteiger partial charge < -0.3 is 21.3 Å². The van der Waals surface area contributed by atoms with Crippen LogP contribution in [0.15, 0.2) is 35.3 Å². The minimum Gasteiger partial charge on any atom is -0.479 e. The molecule has 0 aliphatic carbocycles. The molecule has 0 spiro atoms. The standard InChI is InChI=1S/C19H13Cl6N7O6/c20-17(21,14(35)36)19(23,24)18(22,15(37)38)32(25)13(34)7-1-3-8(4-2-7)27-5-9-6-28-11-10(29-9)12(33)31-16(26)30-11/h1-4,6,27H,5H2,(H,35,36)(H,37,38)(H3,26,28,30,31,33)/t18-/m1/s1. The maximum absolute atomic E-state index is 12.9. The van der Waals surface area contributed by atoms with Gasteiger partial charge in [-0.25, -0.2) is 24.0 Å². The van der Waals surface area contributed by atoms with Gasteiger partial charge in [-0.15, -0.1) is 0 Å². The Labute approximate surface area is 241 Å². The van der Waals surface area contributed by atoms with E-state index in [1.165, 1.54) is 30.5 Å². The normalized spacial score (nSPS) is 13.5. The number of benzene rings is 1. The molecule has 38 heavy (non-hydrogen) atoms. The molecule has 1 amide bonds. The molecule has 19 heteroatoms. The van der Waals surface area contributed by atoms with Gasteiger partial charge in [0, 0.05) is 23.0 Å². The number of carbonyl (C=O) groups excluding carboxylic acids is 1. The molecule has 6 N–H and O–H groups in total. The number of fused-ring (bicyclic) bond motifs is 1. The predicted molar refractivity (Wildman–Crippen MR) is 141 cm³/mol. The second-order valence-electron chi connectivity index (χ2n) is 7.38. The number of hydrogen-bond acceptors (Lipinski definition) is 9. The fourth-order valence-corrected chi connectivity index (χ4v) is 4.38. The lowest BCUT2D eigenvalue weighted by molar-refractivity contribution is -0.145. The van der Waals surface area contributed by atoms with E-state index >= 15 is 0 Å². The van der Waals surface area contributed by atoms with Crippen LogP contribution in [0.25, 0.3) is 11.2 Å². The number of nitrogens with one attached hydrogen (secondary N) is 2. The summed E-state index contributed by atoms with van der Waals surface area (Å²) in [6, 6.07) is 5.30. The summed E-state index contributed by atoms with van der Waals surface area (Å²) in [7, 11) is 0. The molecule has 0 saturated carbocycles. The second-order valence-corrected chi connectivity index (χ2v) is 10.9. The number of alkyl halides is 5. The number of nitrogens with two attached hydrogens (primary N) is 1. The van der Waals surface area contributed by atoms with Crippen LogP contribution in [-0.4, -0.2) is 66.1 Å². The number of rotatable bonds is 9. The summed E-state index contributed by atoms with van der Waals surface area (Å²) in [6.07, 6.45) is 1.38. The van der Waals surface area contributed by atoms with Gasteiger partial charge in [-0.3, -0.25) is 14.6 Å². The first kappa shape index (κ1) is 29.7. The minimum atomic E-state index is -3.35. The number of aromatic amines is 1. The Hall–Kier alpha value is -2.81. The average molecular weight is 648 g/mol. The zero-order chi connectivity index (χ0) is 28.6. The van der Waals surface area contributed by atoms with Gasteiger partial charge in [0.15, 0.2) is 11.2 Å². The molecule has 3 rings (SSSR count). The summed E-state index contributed by atoms with van der Waals surface area (Å²) in [5.74, 6) is -5.50. The number of aliphatic carboxylic acids is 2. The monoisotopic (exact) mass is 645 g/mol. The molecule has 202 valence electrons. The summed E-state index contributed by atoms with van der Waals surface area (Å²) >= 11 is 35.1. The highest BCUT2D eigenvalue weighted by atomic mass is 35.5. The molecule has 0 aliphatic heterocycles. The topological polar surface area (TPSA) is 204 Å². The van der Waals surface area contributed by atoms with E-state index in [-0.39, 0.29) is 33.6 Å².